The van der Waals surface area contributed by atoms with Crippen molar-refractivity contribution in [2.45, 2.75) is 68.3 Å². The van der Waals surface area contributed by atoms with Crippen LogP contribution in [0.4, 0.5) is 0 Å². The van der Waals surface area contributed by atoms with Gasteiger partial charge in [0.2, 0.25) is 17.5 Å². The minimum absolute atomic E-state index is 0.0313. The molecule has 3 aromatic rings. The molecule has 16 nitrogen and oxygen atoms in total. The molecule has 0 amide bonds. The van der Waals surface area contributed by atoms with Crippen LogP contribution in [0.25, 0.3) is 22.3 Å². The minimum Gasteiger partial charge on any atom is -0.508 e. The van der Waals surface area contributed by atoms with E-state index in [0.717, 1.165) is 24.3 Å². The number of aromatic hydroxyl groups is 4. The molecule has 3 heterocycles. The van der Waals surface area contributed by atoms with E-state index in [4.69, 9.17) is 23.4 Å². The zero-order chi connectivity index (χ0) is 31.3. The first-order valence-electron chi connectivity index (χ1n) is 13.0. The first-order valence-corrected chi connectivity index (χ1v) is 13.0. The fourth-order valence-corrected chi connectivity index (χ4v) is 4.84. The lowest BCUT2D eigenvalue weighted by Gasteiger charge is -2.42. The largest absolute Gasteiger partial charge is 0.508 e. The maximum atomic E-state index is 13.6. The van der Waals surface area contributed by atoms with E-state index < -0.39 is 113 Å². The van der Waals surface area contributed by atoms with Crippen LogP contribution in [0.2, 0.25) is 0 Å². The highest BCUT2D eigenvalue weighted by Gasteiger charge is 2.47. The molecule has 2 aliphatic rings. The summed E-state index contributed by atoms with van der Waals surface area (Å²) in [4.78, 5) is 13.6. The normalized spacial score (nSPS) is 33.0. The Kier molecular flexibility index (Phi) is 8.41. The van der Waals surface area contributed by atoms with Crippen LogP contribution in [0.3, 0.4) is 0 Å². The summed E-state index contributed by atoms with van der Waals surface area (Å²) in [5.74, 6) is -3.33. The van der Waals surface area contributed by atoms with Gasteiger partial charge in [-0.05, 0) is 25.1 Å². The van der Waals surface area contributed by atoms with Crippen molar-refractivity contribution in [2.24, 2.45) is 0 Å². The average Bonchev–Trinajstić information content (AvgIpc) is 2.96. The van der Waals surface area contributed by atoms with E-state index in [1.54, 1.807) is 0 Å². The smallest absolute Gasteiger partial charge is 0.239 e. The fraction of sp³-hybridized carbons (Fsp3) is 0.444. The summed E-state index contributed by atoms with van der Waals surface area (Å²) >= 11 is 0. The third-order valence-electron chi connectivity index (χ3n) is 7.29. The zero-order valence-corrected chi connectivity index (χ0v) is 22.3. The van der Waals surface area contributed by atoms with Gasteiger partial charge in [0.05, 0.1) is 12.7 Å². The highest BCUT2D eigenvalue weighted by Crippen LogP contribution is 2.39. The Morgan fingerprint density at radius 3 is 2.12 bits per heavy atom. The molecule has 2 aromatic carbocycles. The summed E-state index contributed by atoms with van der Waals surface area (Å²) in [6, 6.07) is 5.24. The molecule has 2 saturated heterocycles. The molecule has 43 heavy (non-hydrogen) atoms. The van der Waals surface area contributed by atoms with Crippen LogP contribution in [0.5, 0.6) is 28.7 Å². The third kappa shape index (κ3) is 5.67. The quantitative estimate of drug-likeness (QED) is 0.140. The maximum absolute atomic E-state index is 13.6. The molecule has 10 atom stereocenters. The first kappa shape index (κ1) is 30.7. The highest BCUT2D eigenvalue weighted by atomic mass is 16.7. The van der Waals surface area contributed by atoms with Crippen LogP contribution in [0.15, 0.2) is 39.5 Å². The van der Waals surface area contributed by atoms with Gasteiger partial charge in [-0.2, -0.15) is 0 Å². The van der Waals surface area contributed by atoms with Crippen molar-refractivity contribution < 1.29 is 74.4 Å². The number of hydrogen-bond acceptors (Lipinski definition) is 16. The number of hydrogen-bond donors (Lipinski definition) is 10. The van der Waals surface area contributed by atoms with Crippen molar-refractivity contribution in [1.82, 2.24) is 0 Å². The number of phenolic OH excluding ortho intramolecular Hbond substituents is 4. The van der Waals surface area contributed by atoms with Gasteiger partial charge >= 0.3 is 0 Å². The lowest BCUT2D eigenvalue weighted by molar-refractivity contribution is -0.318. The molecule has 1 aromatic heterocycles. The average molecular weight is 611 g/mol. The second-order valence-electron chi connectivity index (χ2n) is 10.3. The molecule has 2 fully saturated rings. The maximum Gasteiger partial charge on any atom is 0.239 e. The van der Waals surface area contributed by atoms with E-state index in [-0.39, 0.29) is 11.1 Å². The van der Waals surface area contributed by atoms with E-state index in [1.165, 1.54) is 13.0 Å². The predicted octanol–water partition coefficient (Wildman–Crippen LogP) is -1.69. The van der Waals surface area contributed by atoms with E-state index in [9.17, 15) is 55.9 Å². The Bertz CT molecular complexity index is 1540. The molecule has 5 rings (SSSR count). The summed E-state index contributed by atoms with van der Waals surface area (Å²) in [5.41, 5.74) is -1.35. The SMILES string of the molecule is CC1O[C@@H](OCC2O[C@@H](Oc3c(-c4ccc(O)c(O)c4)oc4cc(O)cc(O)c4c3=O)C(O)C(O)[C@H]2O)C(O)[C@H](O)[C@H]1O. The van der Waals surface area contributed by atoms with Gasteiger partial charge in [-0.1, -0.05) is 0 Å². The molecule has 0 bridgehead atoms. The molecular formula is C27H30O16. The fourth-order valence-electron chi connectivity index (χ4n) is 4.84. The third-order valence-corrected chi connectivity index (χ3v) is 7.29. The van der Waals surface area contributed by atoms with Gasteiger partial charge in [-0.3, -0.25) is 4.79 Å². The van der Waals surface area contributed by atoms with Crippen molar-refractivity contribution in [2.75, 3.05) is 6.61 Å². The van der Waals surface area contributed by atoms with Gasteiger partial charge in [0.15, 0.2) is 23.5 Å². The molecule has 0 saturated carbocycles. The Hall–Kier alpha value is -3.71. The van der Waals surface area contributed by atoms with Crippen molar-refractivity contribution in [3.63, 3.8) is 0 Å². The lowest BCUT2D eigenvalue weighted by Crippen LogP contribution is -2.61. The lowest BCUT2D eigenvalue weighted by atomic mass is 9.98. The van der Waals surface area contributed by atoms with Gasteiger partial charge in [0.1, 0.15) is 65.2 Å². The number of rotatable bonds is 6. The van der Waals surface area contributed by atoms with Crippen LogP contribution < -0.4 is 10.2 Å². The number of ether oxygens (including phenoxy) is 4. The first-order chi connectivity index (χ1) is 20.3. The standard InChI is InChI=1S/C27H30O16/c1-8-17(32)20(35)22(37)26(40-8)39-7-15-18(33)21(36)23(38)27(42-15)43-25-19(34)16-13(31)5-10(28)6-14(16)41-24(25)9-2-3-11(29)12(30)4-9/h2-6,8,15,17-18,20-23,26-33,35-38H,7H2,1H3/t8?,15?,17-,18-,20+,21?,22?,23?,26+,27-/m0/s1. The summed E-state index contributed by atoms with van der Waals surface area (Å²) in [6.07, 6.45) is -16.2. The van der Waals surface area contributed by atoms with Crippen LogP contribution in [-0.2, 0) is 14.2 Å². The molecular weight excluding hydrogens is 580 g/mol. The molecule has 2 aliphatic heterocycles. The molecule has 10 N–H and O–H groups in total. The Morgan fingerprint density at radius 2 is 1.42 bits per heavy atom. The van der Waals surface area contributed by atoms with Gasteiger partial charge in [-0.15, -0.1) is 0 Å². The van der Waals surface area contributed by atoms with Crippen LogP contribution in [0, 0.1) is 0 Å². The van der Waals surface area contributed by atoms with Gasteiger partial charge in [0.25, 0.3) is 0 Å². The molecule has 0 radical (unpaired) electrons. The second kappa shape index (κ2) is 11.8. The predicted molar refractivity (Wildman–Crippen MR) is 140 cm³/mol. The van der Waals surface area contributed by atoms with Gasteiger partial charge in [-0.25, -0.2) is 0 Å². The summed E-state index contributed by atoms with van der Waals surface area (Å²) in [7, 11) is 0. The van der Waals surface area contributed by atoms with Crippen LogP contribution >= 0.6 is 0 Å². The van der Waals surface area contributed by atoms with Crippen LogP contribution in [0.1, 0.15) is 6.92 Å². The number of aliphatic hydroxyl groups is 6. The topological polar surface area (TPSA) is 269 Å². The number of phenols is 4. The molecule has 0 aliphatic carbocycles. The van der Waals surface area contributed by atoms with E-state index in [1.807, 2.05) is 0 Å². The van der Waals surface area contributed by atoms with Gasteiger partial charge < -0.3 is 74.4 Å². The molecule has 16 heteroatoms. The Balaban J connectivity index is 1.48. The monoisotopic (exact) mass is 610 g/mol. The van der Waals surface area contributed by atoms with Gasteiger partial charge in [0, 0.05) is 17.7 Å². The highest BCUT2D eigenvalue weighted by molar-refractivity contribution is 5.88. The van der Waals surface area contributed by atoms with Crippen molar-refractivity contribution in [3.8, 4) is 40.1 Å². The van der Waals surface area contributed by atoms with Crippen molar-refractivity contribution in [1.29, 1.82) is 0 Å². The second-order valence-corrected chi connectivity index (χ2v) is 10.3. The summed E-state index contributed by atoms with van der Waals surface area (Å²) in [6.45, 7) is 0.818. The number of benzene rings is 2. The Labute approximate surface area is 241 Å². The van der Waals surface area contributed by atoms with Crippen LogP contribution in [-0.4, -0.2) is 119 Å². The van der Waals surface area contributed by atoms with Crippen molar-refractivity contribution >= 4 is 11.0 Å². The van der Waals surface area contributed by atoms with E-state index >= 15 is 0 Å². The van der Waals surface area contributed by atoms with E-state index in [2.05, 4.69) is 0 Å². The molecule has 5 unspecified atom stereocenters. The van der Waals surface area contributed by atoms with Crippen molar-refractivity contribution in [3.05, 3.63) is 40.6 Å². The summed E-state index contributed by atoms with van der Waals surface area (Å²) in [5, 5.41) is 101. The molecule has 0 spiro atoms. The zero-order valence-electron chi connectivity index (χ0n) is 22.3. The Morgan fingerprint density at radius 1 is 0.744 bits per heavy atom. The number of aliphatic hydroxyl groups excluding tert-OH is 6. The minimum atomic E-state index is -1.97. The number of fused-ring (bicyclic) bond motifs is 1. The van der Waals surface area contributed by atoms with E-state index in [0.29, 0.717) is 0 Å². The molecule has 234 valence electrons. The summed E-state index contributed by atoms with van der Waals surface area (Å²) < 4.78 is 27.8.